The number of aromatic carboxylic acids is 1. The number of carboxylic acid groups (broad SMARTS) is 1. The summed E-state index contributed by atoms with van der Waals surface area (Å²) in [4.78, 5) is 15.4. The summed E-state index contributed by atoms with van der Waals surface area (Å²) in [7, 11) is 0. The third-order valence-electron chi connectivity index (χ3n) is 4.68. The van der Waals surface area contributed by atoms with Gasteiger partial charge in [-0.1, -0.05) is 11.6 Å². The molecule has 0 spiro atoms. The number of thiophene rings is 1. The molecule has 0 aliphatic rings. The maximum atomic E-state index is 13.8. The molecule has 1 N–H and O–H groups in total. The van der Waals surface area contributed by atoms with Crippen LogP contribution in [-0.4, -0.2) is 16.1 Å². The maximum absolute atomic E-state index is 13.8. The third-order valence-corrected chi connectivity index (χ3v) is 6.03. The van der Waals surface area contributed by atoms with E-state index in [1.54, 1.807) is 17.5 Å². The zero-order valence-electron chi connectivity index (χ0n) is 16.7. The number of hydrogen-bond donors (Lipinski definition) is 1. The van der Waals surface area contributed by atoms with Gasteiger partial charge in [-0.05, 0) is 42.1 Å². The Morgan fingerprint density at radius 3 is 2.44 bits per heavy atom. The van der Waals surface area contributed by atoms with Crippen molar-refractivity contribution in [3.63, 3.8) is 0 Å². The highest BCUT2D eigenvalue weighted by molar-refractivity contribution is 7.17. The molecule has 4 rings (SSSR count). The molecule has 0 radical (unpaired) electrons. The molecule has 32 heavy (non-hydrogen) atoms. The molecule has 0 atom stereocenters. The van der Waals surface area contributed by atoms with Crippen molar-refractivity contribution in [2.45, 2.75) is 20.1 Å². The smallest absolute Gasteiger partial charge is 0.338 e. The van der Waals surface area contributed by atoms with Crippen LogP contribution in [0.2, 0.25) is 5.15 Å². The number of ether oxygens (including phenoxy) is 2. The van der Waals surface area contributed by atoms with Crippen LogP contribution in [0.25, 0.3) is 10.1 Å². The van der Waals surface area contributed by atoms with Crippen LogP contribution >= 0.6 is 22.9 Å². The average molecular weight is 476 g/mol. The van der Waals surface area contributed by atoms with E-state index >= 15 is 0 Å². The third kappa shape index (κ3) is 4.66. The lowest BCUT2D eigenvalue weighted by atomic mass is 10.1. The number of nitrogens with zero attached hydrogens (tertiary/aromatic N) is 1. The first-order chi connectivity index (χ1) is 15.3. The normalized spacial score (nSPS) is 11.0. The first kappa shape index (κ1) is 22.0. The second kappa shape index (κ2) is 9.10. The number of halogens is 3. The molecule has 2 heterocycles. The summed E-state index contributed by atoms with van der Waals surface area (Å²) in [5.41, 5.74) is 1.89. The molecule has 0 bridgehead atoms. The number of aromatic nitrogens is 1. The lowest BCUT2D eigenvalue weighted by Gasteiger charge is -2.12. The van der Waals surface area contributed by atoms with Gasteiger partial charge in [0.25, 0.3) is 0 Å². The van der Waals surface area contributed by atoms with Crippen LogP contribution in [0.3, 0.4) is 0 Å². The SMILES string of the molecule is Cc1cc(OCc2ccc(F)cc2F)cc(OCc2csc3c(C(=O)O)cnc(Cl)c23)c1. The van der Waals surface area contributed by atoms with Gasteiger partial charge in [-0.15, -0.1) is 11.3 Å². The van der Waals surface area contributed by atoms with Crippen LogP contribution in [0, 0.1) is 18.6 Å². The van der Waals surface area contributed by atoms with Crippen LogP contribution in [0.15, 0.2) is 48.0 Å². The van der Waals surface area contributed by atoms with E-state index in [1.807, 2.05) is 13.0 Å². The molecule has 2 aromatic carbocycles. The number of rotatable bonds is 7. The fraction of sp³-hybridized carbons (Fsp3) is 0.130. The van der Waals surface area contributed by atoms with Crippen LogP contribution in [0.4, 0.5) is 8.78 Å². The van der Waals surface area contributed by atoms with E-state index in [-0.39, 0.29) is 29.5 Å². The molecular formula is C23H16ClF2NO4S. The van der Waals surface area contributed by atoms with Crippen molar-refractivity contribution in [1.29, 1.82) is 0 Å². The average Bonchev–Trinajstić information content (AvgIpc) is 3.16. The highest BCUT2D eigenvalue weighted by Gasteiger charge is 2.17. The van der Waals surface area contributed by atoms with E-state index in [4.69, 9.17) is 21.1 Å². The molecular weight excluding hydrogens is 460 g/mol. The Morgan fingerprint density at radius 1 is 1.09 bits per heavy atom. The van der Waals surface area contributed by atoms with E-state index in [0.717, 1.165) is 11.6 Å². The van der Waals surface area contributed by atoms with Crippen molar-refractivity contribution in [2.24, 2.45) is 0 Å². The minimum absolute atomic E-state index is 0.0661. The van der Waals surface area contributed by atoms with Crippen LogP contribution < -0.4 is 9.47 Å². The molecule has 9 heteroatoms. The molecule has 0 saturated carbocycles. The molecule has 0 amide bonds. The molecule has 0 aliphatic heterocycles. The molecule has 0 fully saturated rings. The zero-order valence-corrected chi connectivity index (χ0v) is 18.3. The minimum atomic E-state index is -1.08. The van der Waals surface area contributed by atoms with Crippen molar-refractivity contribution in [3.8, 4) is 11.5 Å². The van der Waals surface area contributed by atoms with E-state index in [0.29, 0.717) is 27.1 Å². The Morgan fingerprint density at radius 2 is 1.78 bits per heavy atom. The van der Waals surface area contributed by atoms with E-state index < -0.39 is 17.6 Å². The van der Waals surface area contributed by atoms with E-state index in [9.17, 15) is 18.7 Å². The van der Waals surface area contributed by atoms with E-state index in [2.05, 4.69) is 4.98 Å². The standard InChI is InChI=1S/C23H16ClF2NO4S/c1-12-4-16(30-9-13-2-3-15(25)6-19(13)26)7-17(5-12)31-10-14-11-32-21-18(23(28)29)8-27-22(24)20(14)21/h2-8,11H,9-10H2,1H3,(H,28,29). The first-order valence-electron chi connectivity index (χ1n) is 9.41. The Balaban J connectivity index is 1.51. The molecule has 2 aromatic heterocycles. The number of carbonyl (C=O) groups is 1. The number of aryl methyl sites for hydroxylation is 1. The predicted molar refractivity (Wildman–Crippen MR) is 118 cm³/mol. The summed E-state index contributed by atoms with van der Waals surface area (Å²) < 4.78 is 39.0. The van der Waals surface area contributed by atoms with Gasteiger partial charge in [0.2, 0.25) is 0 Å². The Hall–Kier alpha value is -3.23. The summed E-state index contributed by atoms with van der Waals surface area (Å²) in [6.45, 7) is 1.93. The number of benzene rings is 2. The lowest BCUT2D eigenvalue weighted by Crippen LogP contribution is -2.01. The van der Waals surface area contributed by atoms with Crippen LogP contribution in [-0.2, 0) is 13.2 Å². The van der Waals surface area contributed by atoms with Crippen molar-refractivity contribution in [1.82, 2.24) is 4.98 Å². The quantitative estimate of drug-likeness (QED) is 0.313. The van der Waals surface area contributed by atoms with Gasteiger partial charge in [0.1, 0.15) is 41.5 Å². The molecule has 4 aromatic rings. The Kier molecular flexibility index (Phi) is 6.25. The molecule has 164 valence electrons. The van der Waals surface area contributed by atoms with Gasteiger partial charge in [-0.25, -0.2) is 18.6 Å². The van der Waals surface area contributed by atoms with Gasteiger partial charge < -0.3 is 14.6 Å². The molecule has 0 saturated heterocycles. The Bertz CT molecular complexity index is 1330. The zero-order chi connectivity index (χ0) is 22.8. The van der Waals surface area contributed by atoms with Gasteiger partial charge >= 0.3 is 5.97 Å². The van der Waals surface area contributed by atoms with Gasteiger partial charge in [0.05, 0.1) is 10.3 Å². The highest BCUT2D eigenvalue weighted by Crippen LogP contribution is 2.34. The van der Waals surface area contributed by atoms with Crippen LogP contribution in [0.5, 0.6) is 11.5 Å². The van der Waals surface area contributed by atoms with Crippen molar-refractivity contribution in [2.75, 3.05) is 0 Å². The number of carboxylic acids is 1. The highest BCUT2D eigenvalue weighted by atomic mass is 35.5. The van der Waals surface area contributed by atoms with E-state index in [1.165, 1.54) is 29.7 Å². The summed E-state index contributed by atoms with van der Waals surface area (Å²) in [6, 6.07) is 8.56. The second-order valence-corrected chi connectivity index (χ2v) is 8.27. The summed E-state index contributed by atoms with van der Waals surface area (Å²) >= 11 is 7.47. The van der Waals surface area contributed by atoms with Crippen molar-refractivity contribution >= 4 is 39.0 Å². The number of hydrogen-bond acceptors (Lipinski definition) is 5. The fourth-order valence-electron chi connectivity index (χ4n) is 3.16. The summed E-state index contributed by atoms with van der Waals surface area (Å²) in [6.07, 6.45) is 1.24. The van der Waals surface area contributed by atoms with Crippen molar-refractivity contribution < 1.29 is 28.2 Å². The number of pyridine rings is 1. The van der Waals surface area contributed by atoms with Gasteiger partial charge in [-0.2, -0.15) is 0 Å². The molecule has 0 unspecified atom stereocenters. The topological polar surface area (TPSA) is 68.7 Å². The van der Waals surface area contributed by atoms with Gasteiger partial charge in [-0.3, -0.25) is 0 Å². The largest absolute Gasteiger partial charge is 0.489 e. The first-order valence-corrected chi connectivity index (χ1v) is 10.7. The second-order valence-electron chi connectivity index (χ2n) is 7.03. The minimum Gasteiger partial charge on any atom is -0.489 e. The van der Waals surface area contributed by atoms with Crippen LogP contribution in [0.1, 0.15) is 27.0 Å². The summed E-state index contributed by atoms with van der Waals surface area (Å²) in [5, 5.41) is 11.9. The molecule has 0 aliphatic carbocycles. The maximum Gasteiger partial charge on any atom is 0.338 e. The van der Waals surface area contributed by atoms with Crippen molar-refractivity contribution in [3.05, 3.63) is 87.0 Å². The van der Waals surface area contributed by atoms with Gasteiger partial charge in [0, 0.05) is 34.8 Å². The number of fused-ring (bicyclic) bond motifs is 1. The lowest BCUT2D eigenvalue weighted by molar-refractivity contribution is 0.0699. The monoisotopic (exact) mass is 475 g/mol. The fourth-order valence-corrected chi connectivity index (χ4v) is 4.54. The van der Waals surface area contributed by atoms with Gasteiger partial charge in [0.15, 0.2) is 0 Å². The molecule has 5 nitrogen and oxygen atoms in total. The predicted octanol–water partition coefficient (Wildman–Crippen LogP) is 6.39. The Labute approximate surface area is 190 Å². The summed E-state index contributed by atoms with van der Waals surface area (Å²) in [5.74, 6) is -1.43.